The molecule has 34 heteroatoms. The van der Waals surface area contributed by atoms with Crippen LogP contribution >= 0.6 is 0 Å². The van der Waals surface area contributed by atoms with E-state index in [-0.39, 0.29) is 141 Å². The lowest BCUT2D eigenvalue weighted by molar-refractivity contribution is -0.140. The number of benzene rings is 4. The van der Waals surface area contributed by atoms with Crippen molar-refractivity contribution in [2.45, 2.75) is 183 Å². The molecule has 0 aromatic heterocycles. The van der Waals surface area contributed by atoms with Crippen molar-refractivity contribution in [3.63, 3.8) is 0 Å². The van der Waals surface area contributed by atoms with Crippen LogP contribution in [0.3, 0.4) is 0 Å². The van der Waals surface area contributed by atoms with E-state index in [1.807, 2.05) is 34.1 Å². The van der Waals surface area contributed by atoms with Gasteiger partial charge in [-0.1, -0.05) is 123 Å². The van der Waals surface area contributed by atoms with Gasteiger partial charge in [0.1, 0.15) is 79.3 Å². The van der Waals surface area contributed by atoms with Crippen LogP contribution in [0.4, 0.5) is 38.4 Å². The third kappa shape index (κ3) is 36.5. The zero-order chi connectivity index (χ0) is 93.2. The Morgan fingerprint density at radius 3 is 0.492 bits per heavy atom. The molecule has 0 aliphatic rings. The quantitative estimate of drug-likeness (QED) is 0.00881. The van der Waals surface area contributed by atoms with Crippen LogP contribution in [0, 0.1) is 0 Å². The number of nitrogens with zero attached hydrogens (tertiary/aromatic N) is 2. The van der Waals surface area contributed by atoms with Crippen LogP contribution in [0.25, 0.3) is 0 Å². The molecule has 8 amide bonds. The largest absolute Gasteiger partial charge is 0.459 e. The minimum Gasteiger partial charge on any atom is -0.459 e. The molecule has 0 aliphatic heterocycles. The van der Waals surface area contributed by atoms with Crippen LogP contribution in [0.5, 0.6) is 0 Å². The van der Waals surface area contributed by atoms with E-state index >= 15 is 0 Å². The fraction of sp³-hybridized carbons (Fsp3) is 0.511. The number of hydrogen-bond acceptors (Lipinski definition) is 26. The van der Waals surface area contributed by atoms with Gasteiger partial charge in [-0.05, 0) is 183 Å². The maximum atomic E-state index is 13.9. The maximum Gasteiger partial charge on any atom is 0.407 e. The Morgan fingerprint density at radius 2 is 0.355 bits per heavy atom. The predicted molar refractivity (Wildman–Crippen MR) is 462 cm³/mol. The fourth-order valence-electron chi connectivity index (χ4n) is 11.7. The second-order valence-electron chi connectivity index (χ2n) is 33.8. The summed E-state index contributed by atoms with van der Waals surface area (Å²) in [5, 5.41) is 23.1. The van der Waals surface area contributed by atoms with Gasteiger partial charge >= 0.3 is 72.6 Å². The van der Waals surface area contributed by atoms with Crippen molar-refractivity contribution in [3.05, 3.63) is 190 Å². The van der Waals surface area contributed by atoms with Gasteiger partial charge in [-0.2, -0.15) is 0 Å². The van der Waals surface area contributed by atoms with Crippen molar-refractivity contribution in [3.8, 4) is 0 Å². The smallest absolute Gasteiger partial charge is 0.407 e. The number of carbonyl (C=O) groups excluding carboxylic acids is 12. The van der Waals surface area contributed by atoms with E-state index in [4.69, 9.17) is 56.8 Å². The first-order valence-corrected chi connectivity index (χ1v) is 40.5. The van der Waals surface area contributed by atoms with E-state index in [2.05, 4.69) is 68.9 Å². The van der Waals surface area contributed by atoms with E-state index < -0.39 is 117 Å². The van der Waals surface area contributed by atoms with Crippen molar-refractivity contribution < 1.29 is 114 Å². The Morgan fingerprint density at radius 1 is 0.226 bits per heavy atom. The van der Waals surface area contributed by atoms with Crippen molar-refractivity contribution in [1.82, 2.24) is 52.3 Å². The summed E-state index contributed by atoms with van der Waals surface area (Å²) in [5.41, 5.74) is -2.13. The Hall–Kier alpha value is -12.2. The zero-order valence-corrected chi connectivity index (χ0v) is 75.5. The first-order chi connectivity index (χ1) is 57.7. The van der Waals surface area contributed by atoms with Gasteiger partial charge in [0.15, 0.2) is 0 Å². The van der Waals surface area contributed by atoms with Crippen LogP contribution in [0.1, 0.15) is 183 Å². The molecule has 682 valence electrons. The Balaban J connectivity index is 1.61. The lowest BCUT2D eigenvalue weighted by atomic mass is 9.87. The minimum absolute atomic E-state index is 0.0785. The molecule has 0 spiro atoms. The number of carbonyl (C=O) groups is 12. The van der Waals surface area contributed by atoms with E-state index in [9.17, 15) is 57.5 Å². The number of rotatable bonds is 47. The van der Waals surface area contributed by atoms with E-state index in [1.165, 1.54) is 27.7 Å². The second-order valence-corrected chi connectivity index (χ2v) is 33.8. The third-order valence-electron chi connectivity index (χ3n) is 19.4. The molecular weight excluding hydrogens is 1610 g/mol. The summed E-state index contributed by atoms with van der Waals surface area (Å²) in [7, 11) is 0. The van der Waals surface area contributed by atoms with Gasteiger partial charge in [-0.25, -0.2) is 57.5 Å². The lowest BCUT2D eigenvalue weighted by Gasteiger charge is -2.31. The van der Waals surface area contributed by atoms with Gasteiger partial charge in [0.05, 0.1) is 44.3 Å². The lowest BCUT2D eigenvalue weighted by Crippen LogP contribution is -2.45. The van der Waals surface area contributed by atoms with E-state index in [0.29, 0.717) is 44.5 Å². The summed E-state index contributed by atoms with van der Waals surface area (Å²) >= 11 is 0. The average Bonchev–Trinajstić information content (AvgIpc) is 0.818. The van der Waals surface area contributed by atoms with Crippen LogP contribution in [0.2, 0.25) is 0 Å². The molecule has 0 aliphatic carbocycles. The number of alkyl carbamates (subject to hydrolysis) is 8. The first-order valence-electron chi connectivity index (χ1n) is 40.5. The van der Waals surface area contributed by atoms with E-state index in [0.717, 1.165) is 0 Å². The molecule has 0 bridgehead atoms. The van der Waals surface area contributed by atoms with Crippen molar-refractivity contribution in [2.75, 3.05) is 119 Å². The number of hydrogen-bond donors (Lipinski definition) is 8. The molecule has 0 atom stereocenters. The summed E-state index contributed by atoms with van der Waals surface area (Å²) in [4.78, 5) is 158. The molecule has 34 nitrogen and oxygen atoms in total. The molecule has 0 fully saturated rings. The van der Waals surface area contributed by atoms with Gasteiger partial charge in [-0.3, -0.25) is 9.80 Å². The maximum absolute atomic E-state index is 13.9. The first kappa shape index (κ1) is 104. The molecule has 4 aromatic rings. The Labute approximate surface area is 727 Å². The Kier molecular flexibility index (Phi) is 39.8. The van der Waals surface area contributed by atoms with Gasteiger partial charge in [0.25, 0.3) is 0 Å². The van der Waals surface area contributed by atoms with Crippen LogP contribution in [-0.2, 0) is 120 Å². The highest BCUT2D eigenvalue weighted by Gasteiger charge is 2.35. The van der Waals surface area contributed by atoms with Crippen LogP contribution in [0.15, 0.2) is 146 Å². The standard InChI is InChI=1S/C90H128N10O24/c1-59(2)71(101)113-47-51-121-79(109)95-87(17,18)67-33-25-29-63(55-67)83(9,10)91-75(105)117-43-39-99(40-44-118-76(106)92-84(11,12)64-30-26-34-68(56-64)88(19,20)96-80(110)122-52-48-114-72(102)60(3)4)37-38-100(41-45-119-77(107)93-85(13,14)65-31-27-35-69(57-65)89(21,22)97-81(111)123-53-49-115-73(103)61(5)6)42-46-120-78(108)94-86(15,16)66-32-28-36-70(58-66)90(23,24)98-82(112)124-54-50-116-74(104)62(7)8/h25-36,55-58H,1,3,5,7,37-54H2,2,4,6,8-24H3,(H,91,105)(H,92,106)(H,93,107)(H,94,108)(H,95,109)(H,96,110)(H,97,111)(H,98,112). The fourth-order valence-corrected chi connectivity index (χ4v) is 11.7. The van der Waals surface area contributed by atoms with Gasteiger partial charge in [0.2, 0.25) is 0 Å². The second kappa shape index (κ2) is 47.4. The van der Waals surface area contributed by atoms with Crippen LogP contribution < -0.4 is 42.5 Å². The summed E-state index contributed by atoms with van der Waals surface area (Å²) in [6.07, 6.45) is -6.17. The van der Waals surface area contributed by atoms with Gasteiger partial charge in [-0.15, -0.1) is 0 Å². The molecule has 8 N–H and O–H groups in total. The number of amides is 8. The molecule has 0 unspecified atom stereocenters. The molecule has 0 radical (unpaired) electrons. The van der Waals surface area contributed by atoms with Crippen molar-refractivity contribution in [1.29, 1.82) is 0 Å². The highest BCUT2D eigenvalue weighted by atomic mass is 16.6. The molecule has 124 heavy (non-hydrogen) atoms. The number of ether oxygens (including phenoxy) is 12. The van der Waals surface area contributed by atoms with Gasteiger partial charge in [0, 0.05) is 61.6 Å². The molecule has 0 saturated carbocycles. The molecule has 4 rings (SSSR count). The predicted octanol–water partition coefficient (Wildman–Crippen LogP) is 12.6. The third-order valence-corrected chi connectivity index (χ3v) is 19.4. The normalized spacial score (nSPS) is 11.8. The SMILES string of the molecule is C=C(C)C(=O)OCCOC(=O)NC(C)(C)c1cccc(C(C)(C)NC(=O)OCCN(CCOC(=O)NC(C)(C)c2cccc(C(C)(C)NC(=O)OCCOC(=O)C(=C)C)c2)CCN(CCOC(=O)NC(C)(C)c2cccc(C(C)(C)NC(=O)OCCOC(=O)C(=C)C)c2)CCOC(=O)NC(C)(C)c2cccc(C(C)(C)NC(=O)OCCOC(=O)C(=C)C)c2)c1. The average molecular weight is 1730 g/mol. The van der Waals surface area contributed by atoms with E-state index in [1.54, 1.807) is 184 Å². The monoisotopic (exact) mass is 1730 g/mol. The topological polar surface area (TPSA) is 418 Å². The highest BCUT2D eigenvalue weighted by Crippen LogP contribution is 2.32. The molecule has 0 saturated heterocycles. The molecule has 0 heterocycles. The van der Waals surface area contributed by atoms with Crippen molar-refractivity contribution >= 4 is 72.6 Å². The summed E-state index contributed by atoms with van der Waals surface area (Å²) in [5.74, 6) is -2.47. The van der Waals surface area contributed by atoms with Crippen LogP contribution in [-0.4, -0.2) is 201 Å². The highest BCUT2D eigenvalue weighted by molar-refractivity contribution is 5.88. The number of esters is 4. The zero-order valence-electron chi connectivity index (χ0n) is 75.5. The van der Waals surface area contributed by atoms with Crippen molar-refractivity contribution in [2.24, 2.45) is 0 Å². The minimum atomic E-state index is -1.05. The number of nitrogens with one attached hydrogen (secondary N) is 8. The molecule has 4 aromatic carbocycles. The Bertz CT molecular complexity index is 3890. The summed E-state index contributed by atoms with van der Waals surface area (Å²) in [6, 6.07) is 28.8. The summed E-state index contributed by atoms with van der Waals surface area (Å²) in [6.45, 7) is 46.9. The summed E-state index contributed by atoms with van der Waals surface area (Å²) < 4.78 is 64.6. The van der Waals surface area contributed by atoms with Gasteiger partial charge < -0.3 is 99.4 Å². The molecular formula is C90H128N10O24.